The van der Waals surface area contributed by atoms with Crippen molar-refractivity contribution in [3.63, 3.8) is 0 Å². The topological polar surface area (TPSA) is 38.5 Å². The molecule has 0 bridgehead atoms. The number of hydrogen-bond acceptors (Lipinski definition) is 3. The van der Waals surface area contributed by atoms with Gasteiger partial charge in [0.1, 0.15) is 5.75 Å². The number of nitrogens with two attached hydrogens (primary N) is 1. The summed E-state index contributed by atoms with van der Waals surface area (Å²) in [6.45, 7) is 4.50. The highest BCUT2D eigenvalue weighted by Crippen LogP contribution is 2.34. The number of likely N-dealkylation sites (N-methyl/N-ethyl adjacent to an activating group) is 1. The second-order valence-corrected chi connectivity index (χ2v) is 5.62. The molecule has 3 heteroatoms. The van der Waals surface area contributed by atoms with Gasteiger partial charge < -0.3 is 10.5 Å². The zero-order valence-electron chi connectivity index (χ0n) is 12.5. The fourth-order valence-corrected chi connectivity index (χ4v) is 3.00. The molecule has 3 atom stereocenters. The molecule has 19 heavy (non-hydrogen) atoms. The Labute approximate surface area is 116 Å². The Morgan fingerprint density at radius 1 is 1.47 bits per heavy atom. The quantitative estimate of drug-likeness (QED) is 0.906. The molecule has 0 aliphatic heterocycles. The molecule has 1 aliphatic carbocycles. The van der Waals surface area contributed by atoms with Gasteiger partial charge >= 0.3 is 0 Å². The first-order valence-corrected chi connectivity index (χ1v) is 7.22. The van der Waals surface area contributed by atoms with Crippen molar-refractivity contribution >= 4 is 0 Å². The molecule has 3 unspecified atom stereocenters. The van der Waals surface area contributed by atoms with E-state index in [1.54, 1.807) is 7.11 Å². The monoisotopic (exact) mass is 262 g/mol. The van der Waals surface area contributed by atoms with E-state index in [1.165, 1.54) is 11.1 Å². The van der Waals surface area contributed by atoms with E-state index in [-0.39, 0.29) is 6.04 Å². The molecule has 1 aromatic carbocycles. The van der Waals surface area contributed by atoms with Gasteiger partial charge in [-0.3, -0.25) is 4.90 Å². The van der Waals surface area contributed by atoms with Gasteiger partial charge in [0.2, 0.25) is 0 Å². The van der Waals surface area contributed by atoms with Crippen LogP contribution in [-0.4, -0.2) is 31.1 Å². The molecule has 0 aromatic heterocycles. The molecule has 106 valence electrons. The summed E-state index contributed by atoms with van der Waals surface area (Å²) in [7, 11) is 3.91. The fraction of sp³-hybridized carbons (Fsp3) is 0.625. The van der Waals surface area contributed by atoms with Crippen LogP contribution < -0.4 is 10.5 Å². The normalized spacial score (nSPS) is 24.1. The van der Waals surface area contributed by atoms with Gasteiger partial charge in [-0.05, 0) is 56.5 Å². The Balaban J connectivity index is 2.25. The van der Waals surface area contributed by atoms with Crippen LogP contribution in [0.15, 0.2) is 18.2 Å². The van der Waals surface area contributed by atoms with Gasteiger partial charge in [0, 0.05) is 18.1 Å². The lowest BCUT2D eigenvalue weighted by Gasteiger charge is -2.40. The van der Waals surface area contributed by atoms with Crippen molar-refractivity contribution in [1.29, 1.82) is 0 Å². The first-order valence-electron chi connectivity index (χ1n) is 7.22. The summed E-state index contributed by atoms with van der Waals surface area (Å²) in [6, 6.07) is 7.38. The van der Waals surface area contributed by atoms with E-state index in [1.807, 2.05) is 6.07 Å². The third kappa shape index (κ3) is 2.77. The molecular formula is C16H26N2O. The largest absolute Gasteiger partial charge is 0.497 e. The van der Waals surface area contributed by atoms with E-state index >= 15 is 0 Å². The molecule has 0 amide bonds. The maximum absolute atomic E-state index is 6.51. The number of hydrogen-bond donors (Lipinski definition) is 1. The Kier molecular flexibility index (Phi) is 4.48. The average Bonchev–Trinajstić information content (AvgIpc) is 2.46. The van der Waals surface area contributed by atoms with Crippen molar-refractivity contribution in [2.45, 2.75) is 51.2 Å². The summed E-state index contributed by atoms with van der Waals surface area (Å²) in [4.78, 5) is 2.44. The first kappa shape index (κ1) is 14.4. The number of fused-ring (bicyclic) bond motifs is 1. The van der Waals surface area contributed by atoms with Crippen LogP contribution >= 0.6 is 0 Å². The molecule has 0 saturated carbocycles. The maximum atomic E-state index is 6.51. The fourth-order valence-electron chi connectivity index (χ4n) is 3.00. The van der Waals surface area contributed by atoms with Crippen LogP contribution in [0.25, 0.3) is 0 Å². The second kappa shape index (κ2) is 5.93. The Hall–Kier alpha value is -1.06. The highest BCUT2D eigenvalue weighted by molar-refractivity contribution is 5.40. The first-order chi connectivity index (χ1) is 9.08. The van der Waals surface area contributed by atoms with E-state index in [4.69, 9.17) is 10.5 Å². The van der Waals surface area contributed by atoms with Crippen molar-refractivity contribution in [1.82, 2.24) is 4.90 Å². The van der Waals surface area contributed by atoms with Gasteiger partial charge in [0.05, 0.1) is 7.11 Å². The molecule has 0 spiro atoms. The SMILES string of the molecule is CCC(C)N(C)C1CCc2ccc(OC)cc2C1N. The van der Waals surface area contributed by atoms with Crippen molar-refractivity contribution in [2.24, 2.45) is 5.73 Å². The summed E-state index contributed by atoms with van der Waals surface area (Å²) in [5, 5.41) is 0. The zero-order chi connectivity index (χ0) is 14.0. The van der Waals surface area contributed by atoms with Crippen LogP contribution in [0.1, 0.15) is 43.9 Å². The third-order valence-electron chi connectivity index (χ3n) is 4.65. The minimum absolute atomic E-state index is 0.0813. The van der Waals surface area contributed by atoms with Crippen LogP contribution in [0.3, 0.4) is 0 Å². The van der Waals surface area contributed by atoms with E-state index in [2.05, 4.69) is 37.9 Å². The number of rotatable bonds is 4. The van der Waals surface area contributed by atoms with Crippen molar-refractivity contribution in [3.8, 4) is 5.75 Å². The summed E-state index contributed by atoms with van der Waals surface area (Å²) < 4.78 is 5.32. The zero-order valence-corrected chi connectivity index (χ0v) is 12.5. The minimum Gasteiger partial charge on any atom is -0.497 e. The summed E-state index contributed by atoms with van der Waals surface area (Å²) >= 11 is 0. The van der Waals surface area contributed by atoms with Crippen LogP contribution in [0.2, 0.25) is 0 Å². The average molecular weight is 262 g/mol. The molecular weight excluding hydrogens is 236 g/mol. The Bertz CT molecular complexity index is 433. The van der Waals surface area contributed by atoms with Crippen LogP contribution in [0.4, 0.5) is 0 Å². The molecule has 0 radical (unpaired) electrons. The summed E-state index contributed by atoms with van der Waals surface area (Å²) in [6.07, 6.45) is 3.41. The highest BCUT2D eigenvalue weighted by Gasteiger charge is 2.31. The molecule has 3 nitrogen and oxygen atoms in total. The van der Waals surface area contributed by atoms with E-state index in [9.17, 15) is 0 Å². The second-order valence-electron chi connectivity index (χ2n) is 5.62. The van der Waals surface area contributed by atoms with Crippen LogP contribution in [0.5, 0.6) is 5.75 Å². The number of methoxy groups -OCH3 is 1. The Morgan fingerprint density at radius 3 is 2.84 bits per heavy atom. The van der Waals surface area contributed by atoms with E-state index in [0.717, 1.165) is 25.0 Å². The molecule has 0 heterocycles. The highest BCUT2D eigenvalue weighted by atomic mass is 16.5. The van der Waals surface area contributed by atoms with Gasteiger partial charge in [-0.25, -0.2) is 0 Å². The van der Waals surface area contributed by atoms with E-state index < -0.39 is 0 Å². The van der Waals surface area contributed by atoms with Crippen molar-refractivity contribution in [3.05, 3.63) is 29.3 Å². The number of ether oxygens (including phenoxy) is 1. The Morgan fingerprint density at radius 2 is 2.21 bits per heavy atom. The van der Waals surface area contributed by atoms with Gasteiger partial charge in [0.25, 0.3) is 0 Å². The summed E-state index contributed by atoms with van der Waals surface area (Å²) in [5.41, 5.74) is 9.14. The lowest BCUT2D eigenvalue weighted by molar-refractivity contribution is 0.142. The lowest BCUT2D eigenvalue weighted by atomic mass is 9.83. The predicted molar refractivity (Wildman–Crippen MR) is 79.5 cm³/mol. The molecule has 2 rings (SSSR count). The van der Waals surface area contributed by atoms with Crippen LogP contribution in [0, 0.1) is 0 Å². The maximum Gasteiger partial charge on any atom is 0.119 e. The third-order valence-corrected chi connectivity index (χ3v) is 4.65. The molecule has 2 N–H and O–H groups in total. The minimum atomic E-state index is 0.0813. The molecule has 1 aliphatic rings. The number of nitrogens with zero attached hydrogens (tertiary/aromatic N) is 1. The lowest BCUT2D eigenvalue weighted by Crippen LogP contribution is -2.47. The predicted octanol–water partition coefficient (Wildman–Crippen LogP) is 2.74. The van der Waals surface area contributed by atoms with Gasteiger partial charge in [0.15, 0.2) is 0 Å². The molecule has 0 saturated heterocycles. The van der Waals surface area contributed by atoms with Crippen LogP contribution in [-0.2, 0) is 6.42 Å². The summed E-state index contributed by atoms with van der Waals surface area (Å²) in [5.74, 6) is 0.904. The van der Waals surface area contributed by atoms with Crippen molar-refractivity contribution < 1.29 is 4.74 Å². The molecule has 1 aromatic rings. The van der Waals surface area contributed by atoms with Gasteiger partial charge in [-0.1, -0.05) is 13.0 Å². The van der Waals surface area contributed by atoms with Crippen molar-refractivity contribution in [2.75, 3.05) is 14.2 Å². The molecule has 0 fully saturated rings. The van der Waals surface area contributed by atoms with Gasteiger partial charge in [-0.15, -0.1) is 0 Å². The standard InChI is InChI=1S/C16H26N2O/c1-5-11(2)18(3)15-9-7-12-6-8-13(19-4)10-14(12)16(15)17/h6,8,10-11,15-16H,5,7,9,17H2,1-4H3. The number of aryl methyl sites for hydroxylation is 1. The smallest absolute Gasteiger partial charge is 0.119 e. The number of benzene rings is 1. The van der Waals surface area contributed by atoms with Gasteiger partial charge in [-0.2, -0.15) is 0 Å². The van der Waals surface area contributed by atoms with E-state index in [0.29, 0.717) is 12.1 Å².